The quantitative estimate of drug-likeness (QED) is 0.656. The maximum atomic E-state index is 12.5. The van der Waals surface area contributed by atoms with Crippen molar-refractivity contribution < 1.29 is 33.3 Å². The number of hydrogen-bond donors (Lipinski definition) is 1. The molecule has 0 aliphatic heterocycles. The number of hydrogen-bond acceptors (Lipinski definition) is 7. The molecule has 8 nitrogen and oxygen atoms in total. The van der Waals surface area contributed by atoms with Gasteiger partial charge in [-0.25, -0.2) is 4.79 Å². The van der Waals surface area contributed by atoms with E-state index in [0.717, 1.165) is 11.1 Å². The summed E-state index contributed by atoms with van der Waals surface area (Å²) in [6.07, 6.45) is 0. The molecule has 0 bridgehead atoms. The Morgan fingerprint density at radius 2 is 1.54 bits per heavy atom. The topological polar surface area (TPSA) is 106 Å². The number of carbonyl (C=O) groups is 2. The van der Waals surface area contributed by atoms with Crippen molar-refractivity contribution in [1.82, 2.24) is 0 Å². The van der Waals surface area contributed by atoms with Gasteiger partial charge in [-0.2, -0.15) is 0 Å². The summed E-state index contributed by atoms with van der Waals surface area (Å²) in [6.45, 7) is 1.61. The molecule has 0 aliphatic carbocycles. The number of rotatable bonds is 9. The molecule has 2 aromatic rings. The summed E-state index contributed by atoms with van der Waals surface area (Å²) in [5.74, 6) is -0.0212. The van der Waals surface area contributed by atoms with Gasteiger partial charge in [0.25, 0.3) is 5.91 Å². The van der Waals surface area contributed by atoms with Crippen molar-refractivity contribution in [2.45, 2.75) is 13.5 Å². The Bertz CT molecular complexity index is 839. The van der Waals surface area contributed by atoms with E-state index in [1.165, 1.54) is 26.4 Å². The summed E-state index contributed by atoms with van der Waals surface area (Å²) in [5.41, 5.74) is 7.07. The average Bonchev–Trinajstić information content (AvgIpc) is 2.69. The molecule has 8 heteroatoms. The fourth-order valence-electron chi connectivity index (χ4n) is 2.53. The summed E-state index contributed by atoms with van der Waals surface area (Å²) in [6, 6.07) is 8.48. The second kappa shape index (κ2) is 9.50. The van der Waals surface area contributed by atoms with Gasteiger partial charge in [0.1, 0.15) is 12.4 Å². The summed E-state index contributed by atoms with van der Waals surface area (Å²) in [7, 11) is 4.35. The molecule has 0 radical (unpaired) electrons. The third-order valence-corrected chi connectivity index (χ3v) is 3.85. The Kier molecular flexibility index (Phi) is 7.08. The van der Waals surface area contributed by atoms with E-state index in [9.17, 15) is 9.59 Å². The molecule has 2 aromatic carbocycles. The minimum Gasteiger partial charge on any atom is -0.496 e. The normalized spacial score (nSPS) is 10.1. The molecule has 2 rings (SSSR count). The largest absolute Gasteiger partial charge is 0.496 e. The van der Waals surface area contributed by atoms with Crippen LogP contribution in [0.3, 0.4) is 0 Å². The first-order valence-corrected chi connectivity index (χ1v) is 8.37. The third kappa shape index (κ3) is 5.06. The smallest absolute Gasteiger partial charge is 0.338 e. The molecule has 0 saturated carbocycles. The Labute approximate surface area is 163 Å². The van der Waals surface area contributed by atoms with Crippen molar-refractivity contribution in [1.29, 1.82) is 0 Å². The Morgan fingerprint density at radius 3 is 2.07 bits per heavy atom. The molecule has 150 valence electrons. The highest BCUT2D eigenvalue weighted by Crippen LogP contribution is 2.38. The standard InChI is InChI=1S/C20H23NO7/c1-12-5-6-15(24-2)14(7-12)10-28-20(23)13-8-16(25-3)19(17(9-13)26-4)27-11-18(21)22/h5-9H,10-11H2,1-4H3,(H2,21,22). The molecular weight excluding hydrogens is 366 g/mol. The average molecular weight is 389 g/mol. The van der Waals surface area contributed by atoms with E-state index in [1.807, 2.05) is 25.1 Å². The number of esters is 1. The van der Waals surface area contributed by atoms with E-state index >= 15 is 0 Å². The molecule has 0 spiro atoms. The van der Waals surface area contributed by atoms with Gasteiger partial charge in [-0.15, -0.1) is 0 Å². The van der Waals surface area contributed by atoms with E-state index in [0.29, 0.717) is 5.75 Å². The maximum Gasteiger partial charge on any atom is 0.338 e. The van der Waals surface area contributed by atoms with Crippen LogP contribution in [0.4, 0.5) is 0 Å². The third-order valence-electron chi connectivity index (χ3n) is 3.85. The molecule has 0 fully saturated rings. The zero-order valence-electron chi connectivity index (χ0n) is 16.2. The SMILES string of the molecule is COc1ccc(C)cc1COC(=O)c1cc(OC)c(OCC(N)=O)c(OC)c1. The number of carbonyl (C=O) groups excluding carboxylic acids is 2. The van der Waals surface area contributed by atoms with Crippen molar-refractivity contribution in [2.75, 3.05) is 27.9 Å². The fourth-order valence-corrected chi connectivity index (χ4v) is 2.53. The highest BCUT2D eigenvalue weighted by Gasteiger charge is 2.19. The lowest BCUT2D eigenvalue weighted by Crippen LogP contribution is -2.20. The maximum absolute atomic E-state index is 12.5. The summed E-state index contributed by atoms with van der Waals surface area (Å²) < 4.78 is 26.5. The van der Waals surface area contributed by atoms with E-state index in [1.54, 1.807) is 7.11 Å². The first kappa shape index (κ1) is 20.9. The van der Waals surface area contributed by atoms with Crippen molar-refractivity contribution in [3.63, 3.8) is 0 Å². The lowest BCUT2D eigenvalue weighted by atomic mass is 10.1. The molecule has 28 heavy (non-hydrogen) atoms. The lowest BCUT2D eigenvalue weighted by molar-refractivity contribution is -0.120. The molecule has 1 amide bonds. The van der Waals surface area contributed by atoms with Crippen LogP contribution < -0.4 is 24.7 Å². The second-order valence-corrected chi connectivity index (χ2v) is 5.86. The lowest BCUT2D eigenvalue weighted by Gasteiger charge is -2.15. The van der Waals surface area contributed by atoms with Crippen LogP contribution in [-0.4, -0.2) is 39.8 Å². The van der Waals surface area contributed by atoms with Gasteiger partial charge in [0, 0.05) is 5.56 Å². The Hall–Kier alpha value is -3.42. The number of benzene rings is 2. The van der Waals surface area contributed by atoms with Gasteiger partial charge in [-0.05, 0) is 31.2 Å². The van der Waals surface area contributed by atoms with Crippen LogP contribution in [0, 0.1) is 6.92 Å². The van der Waals surface area contributed by atoms with E-state index < -0.39 is 11.9 Å². The summed E-state index contributed by atoms with van der Waals surface area (Å²) in [5, 5.41) is 0. The molecule has 0 saturated heterocycles. The Balaban J connectivity index is 2.23. The van der Waals surface area contributed by atoms with E-state index in [2.05, 4.69) is 0 Å². The molecule has 0 unspecified atom stereocenters. The van der Waals surface area contributed by atoms with Gasteiger partial charge in [0.05, 0.1) is 26.9 Å². The van der Waals surface area contributed by atoms with Crippen LogP contribution in [0.1, 0.15) is 21.5 Å². The van der Waals surface area contributed by atoms with Crippen LogP contribution in [-0.2, 0) is 16.1 Å². The first-order chi connectivity index (χ1) is 13.4. The fraction of sp³-hybridized carbons (Fsp3) is 0.300. The molecule has 2 N–H and O–H groups in total. The highest BCUT2D eigenvalue weighted by atomic mass is 16.5. The van der Waals surface area contributed by atoms with E-state index in [4.69, 9.17) is 29.4 Å². The monoisotopic (exact) mass is 389 g/mol. The number of ether oxygens (including phenoxy) is 5. The highest BCUT2D eigenvalue weighted by molar-refractivity contribution is 5.91. The molecular formula is C20H23NO7. The minimum absolute atomic E-state index is 0.0360. The Morgan fingerprint density at radius 1 is 0.929 bits per heavy atom. The summed E-state index contributed by atoms with van der Waals surface area (Å²) in [4.78, 5) is 23.5. The predicted octanol–water partition coefficient (Wildman–Crippen LogP) is 2.24. The van der Waals surface area contributed by atoms with Crippen molar-refractivity contribution in [2.24, 2.45) is 5.73 Å². The second-order valence-electron chi connectivity index (χ2n) is 5.86. The number of methoxy groups -OCH3 is 3. The molecule has 0 heterocycles. The first-order valence-electron chi connectivity index (χ1n) is 8.37. The molecule has 0 aliphatic rings. The van der Waals surface area contributed by atoms with Gasteiger partial charge >= 0.3 is 5.97 Å². The number of primary amides is 1. The van der Waals surface area contributed by atoms with Crippen molar-refractivity contribution >= 4 is 11.9 Å². The number of aryl methyl sites for hydroxylation is 1. The van der Waals surface area contributed by atoms with Crippen LogP contribution in [0.5, 0.6) is 23.0 Å². The van der Waals surface area contributed by atoms with Gasteiger partial charge in [-0.1, -0.05) is 11.6 Å². The van der Waals surface area contributed by atoms with Crippen LogP contribution in [0.15, 0.2) is 30.3 Å². The van der Waals surface area contributed by atoms with Gasteiger partial charge in [0.2, 0.25) is 5.75 Å². The molecule has 0 aromatic heterocycles. The van der Waals surface area contributed by atoms with Gasteiger partial charge in [0.15, 0.2) is 18.1 Å². The number of nitrogens with two attached hydrogens (primary N) is 1. The minimum atomic E-state index is -0.653. The van der Waals surface area contributed by atoms with Crippen molar-refractivity contribution in [3.05, 3.63) is 47.0 Å². The van der Waals surface area contributed by atoms with Crippen LogP contribution >= 0.6 is 0 Å². The summed E-state index contributed by atoms with van der Waals surface area (Å²) >= 11 is 0. The van der Waals surface area contributed by atoms with Gasteiger partial charge < -0.3 is 29.4 Å². The van der Waals surface area contributed by atoms with E-state index in [-0.39, 0.29) is 36.0 Å². The number of amides is 1. The van der Waals surface area contributed by atoms with Crippen molar-refractivity contribution in [3.8, 4) is 23.0 Å². The van der Waals surface area contributed by atoms with Crippen LogP contribution in [0.25, 0.3) is 0 Å². The van der Waals surface area contributed by atoms with Crippen LogP contribution in [0.2, 0.25) is 0 Å². The predicted molar refractivity (Wildman–Crippen MR) is 101 cm³/mol. The molecule has 0 atom stereocenters. The van der Waals surface area contributed by atoms with Gasteiger partial charge in [-0.3, -0.25) is 4.79 Å². The zero-order chi connectivity index (χ0) is 20.7. The zero-order valence-corrected chi connectivity index (χ0v) is 16.2.